The van der Waals surface area contributed by atoms with Gasteiger partial charge in [0.05, 0.1) is 10.2 Å². The molecular formula is C19H23N3O2S. The lowest BCUT2D eigenvalue weighted by molar-refractivity contribution is -0.132. The molecule has 1 aliphatic heterocycles. The highest BCUT2D eigenvalue weighted by Gasteiger charge is 2.26. The van der Waals surface area contributed by atoms with Crippen LogP contribution in [-0.2, 0) is 9.59 Å². The van der Waals surface area contributed by atoms with Crippen molar-refractivity contribution < 1.29 is 9.59 Å². The SMILES string of the molecule is CCCNC(=O)C1CCN(C(=O)/C=C/c2nc3ccccc3s2)CC1. The number of likely N-dealkylation sites (tertiary alicyclic amines) is 1. The first-order chi connectivity index (χ1) is 12.2. The van der Waals surface area contributed by atoms with Gasteiger partial charge in [-0.05, 0) is 37.5 Å². The molecule has 1 aromatic heterocycles. The minimum Gasteiger partial charge on any atom is -0.356 e. The number of thiazole rings is 1. The van der Waals surface area contributed by atoms with E-state index in [1.807, 2.05) is 36.1 Å². The maximum absolute atomic E-state index is 12.4. The summed E-state index contributed by atoms with van der Waals surface area (Å²) in [5.74, 6) is 0.148. The predicted octanol–water partition coefficient (Wildman–Crippen LogP) is 3.07. The first-order valence-corrected chi connectivity index (χ1v) is 9.59. The monoisotopic (exact) mass is 357 g/mol. The third-order valence-electron chi connectivity index (χ3n) is 4.41. The van der Waals surface area contributed by atoms with E-state index in [4.69, 9.17) is 0 Å². The first-order valence-electron chi connectivity index (χ1n) is 8.77. The number of rotatable bonds is 5. The van der Waals surface area contributed by atoms with Crippen molar-refractivity contribution in [1.82, 2.24) is 15.2 Å². The van der Waals surface area contributed by atoms with E-state index in [0.717, 1.165) is 41.0 Å². The number of hydrogen-bond donors (Lipinski definition) is 1. The molecular weight excluding hydrogens is 334 g/mol. The summed E-state index contributed by atoms with van der Waals surface area (Å²) in [7, 11) is 0. The van der Waals surface area contributed by atoms with Gasteiger partial charge in [0.15, 0.2) is 0 Å². The Morgan fingerprint density at radius 3 is 2.80 bits per heavy atom. The van der Waals surface area contributed by atoms with E-state index in [9.17, 15) is 9.59 Å². The second-order valence-corrected chi connectivity index (χ2v) is 7.31. The van der Waals surface area contributed by atoms with Gasteiger partial charge < -0.3 is 10.2 Å². The van der Waals surface area contributed by atoms with Gasteiger partial charge in [0.1, 0.15) is 5.01 Å². The Kier molecular flexibility index (Phi) is 5.81. The number of nitrogens with zero attached hydrogens (tertiary/aromatic N) is 2. The summed E-state index contributed by atoms with van der Waals surface area (Å²) in [6, 6.07) is 7.95. The van der Waals surface area contributed by atoms with Gasteiger partial charge in [-0.3, -0.25) is 9.59 Å². The average Bonchev–Trinajstić information content (AvgIpc) is 3.07. The van der Waals surface area contributed by atoms with Crippen LogP contribution in [0.1, 0.15) is 31.2 Å². The fourth-order valence-corrected chi connectivity index (χ4v) is 3.83. The number of hydrogen-bond acceptors (Lipinski definition) is 4. The largest absolute Gasteiger partial charge is 0.356 e. The third-order valence-corrected chi connectivity index (χ3v) is 5.41. The Labute approximate surface area is 151 Å². The molecule has 6 heteroatoms. The molecule has 5 nitrogen and oxygen atoms in total. The molecule has 0 aliphatic carbocycles. The maximum Gasteiger partial charge on any atom is 0.246 e. The van der Waals surface area contributed by atoms with Crippen LogP contribution in [0.5, 0.6) is 0 Å². The van der Waals surface area contributed by atoms with Crippen molar-refractivity contribution in [2.24, 2.45) is 5.92 Å². The molecule has 0 bridgehead atoms. The summed E-state index contributed by atoms with van der Waals surface area (Å²) < 4.78 is 1.12. The van der Waals surface area contributed by atoms with Gasteiger partial charge in [-0.1, -0.05) is 19.1 Å². The molecule has 1 aliphatic rings. The minimum atomic E-state index is -0.00771. The molecule has 0 saturated carbocycles. The van der Waals surface area contributed by atoms with Crippen molar-refractivity contribution in [2.75, 3.05) is 19.6 Å². The zero-order valence-corrected chi connectivity index (χ0v) is 15.2. The molecule has 1 fully saturated rings. The first kappa shape index (κ1) is 17.6. The molecule has 2 amide bonds. The molecule has 2 aromatic rings. The van der Waals surface area contributed by atoms with Gasteiger partial charge in [0.2, 0.25) is 11.8 Å². The molecule has 1 saturated heterocycles. The fraction of sp³-hybridized carbons (Fsp3) is 0.421. The van der Waals surface area contributed by atoms with Gasteiger partial charge in [-0.2, -0.15) is 0 Å². The number of amides is 2. The highest BCUT2D eigenvalue weighted by molar-refractivity contribution is 7.19. The van der Waals surface area contributed by atoms with Crippen LogP contribution >= 0.6 is 11.3 Å². The smallest absolute Gasteiger partial charge is 0.246 e. The van der Waals surface area contributed by atoms with Crippen molar-refractivity contribution in [3.63, 3.8) is 0 Å². The highest BCUT2D eigenvalue weighted by Crippen LogP contribution is 2.23. The van der Waals surface area contributed by atoms with Gasteiger partial charge in [0.25, 0.3) is 0 Å². The van der Waals surface area contributed by atoms with Crippen LogP contribution < -0.4 is 5.32 Å². The average molecular weight is 357 g/mol. The third kappa shape index (κ3) is 4.45. The van der Waals surface area contributed by atoms with E-state index >= 15 is 0 Å². The van der Waals surface area contributed by atoms with E-state index in [-0.39, 0.29) is 17.7 Å². The van der Waals surface area contributed by atoms with Crippen LogP contribution in [0.25, 0.3) is 16.3 Å². The number of nitrogens with one attached hydrogen (secondary N) is 1. The Morgan fingerprint density at radius 2 is 2.08 bits per heavy atom. The van der Waals surface area contributed by atoms with E-state index in [1.54, 1.807) is 23.5 Å². The number of para-hydroxylation sites is 1. The highest BCUT2D eigenvalue weighted by atomic mass is 32.1. The van der Waals surface area contributed by atoms with E-state index in [2.05, 4.69) is 10.3 Å². The molecule has 3 rings (SSSR count). The molecule has 132 valence electrons. The minimum absolute atomic E-state index is 0.00771. The normalized spacial score (nSPS) is 15.8. The summed E-state index contributed by atoms with van der Waals surface area (Å²) in [6.45, 7) is 4.03. The zero-order valence-electron chi connectivity index (χ0n) is 14.4. The van der Waals surface area contributed by atoms with E-state index < -0.39 is 0 Å². The second-order valence-electron chi connectivity index (χ2n) is 6.24. The van der Waals surface area contributed by atoms with Crippen LogP contribution in [0.2, 0.25) is 0 Å². The molecule has 0 spiro atoms. The standard InChI is InChI=1S/C19H23N3O2S/c1-2-11-20-19(24)14-9-12-22(13-10-14)18(23)8-7-17-21-15-5-3-4-6-16(15)25-17/h3-8,14H,2,9-13H2,1H3,(H,20,24)/b8-7+. The second kappa shape index (κ2) is 8.25. The van der Waals surface area contributed by atoms with Crippen LogP contribution in [0, 0.1) is 5.92 Å². The summed E-state index contributed by atoms with van der Waals surface area (Å²) in [5.41, 5.74) is 0.957. The van der Waals surface area contributed by atoms with Gasteiger partial charge >= 0.3 is 0 Å². The number of fused-ring (bicyclic) bond motifs is 1. The summed E-state index contributed by atoms with van der Waals surface area (Å²) in [4.78, 5) is 30.7. The Bertz CT molecular complexity index is 743. The van der Waals surface area contributed by atoms with Crippen molar-refractivity contribution in [1.29, 1.82) is 0 Å². The number of carbonyl (C=O) groups is 2. The molecule has 1 N–H and O–H groups in total. The van der Waals surface area contributed by atoms with Gasteiger partial charge in [-0.25, -0.2) is 4.98 Å². The maximum atomic E-state index is 12.4. The summed E-state index contributed by atoms with van der Waals surface area (Å²) >= 11 is 1.58. The molecule has 0 radical (unpaired) electrons. The predicted molar refractivity (Wildman–Crippen MR) is 101 cm³/mol. The lowest BCUT2D eigenvalue weighted by Crippen LogP contribution is -2.42. The topological polar surface area (TPSA) is 62.3 Å². The van der Waals surface area contributed by atoms with Crippen molar-refractivity contribution in [3.05, 3.63) is 35.3 Å². The van der Waals surface area contributed by atoms with Crippen molar-refractivity contribution in [3.8, 4) is 0 Å². The van der Waals surface area contributed by atoms with Crippen LogP contribution in [0.4, 0.5) is 0 Å². The molecule has 0 unspecified atom stereocenters. The lowest BCUT2D eigenvalue weighted by atomic mass is 9.96. The van der Waals surface area contributed by atoms with Gasteiger partial charge in [-0.15, -0.1) is 11.3 Å². The zero-order chi connectivity index (χ0) is 17.6. The molecule has 25 heavy (non-hydrogen) atoms. The number of carbonyl (C=O) groups excluding carboxylic acids is 2. The Balaban J connectivity index is 1.53. The van der Waals surface area contributed by atoms with Crippen molar-refractivity contribution in [2.45, 2.75) is 26.2 Å². The van der Waals surface area contributed by atoms with Gasteiger partial charge in [0, 0.05) is 31.6 Å². The molecule has 2 heterocycles. The number of benzene rings is 1. The number of piperidine rings is 1. The van der Waals surface area contributed by atoms with Crippen molar-refractivity contribution >= 4 is 39.4 Å². The Morgan fingerprint density at radius 1 is 1.32 bits per heavy atom. The van der Waals surface area contributed by atoms with E-state index in [1.165, 1.54) is 0 Å². The quantitative estimate of drug-likeness (QED) is 0.837. The van der Waals surface area contributed by atoms with E-state index in [0.29, 0.717) is 13.1 Å². The van der Waals surface area contributed by atoms with Crippen LogP contribution in [0.3, 0.4) is 0 Å². The lowest BCUT2D eigenvalue weighted by Gasteiger charge is -2.30. The Hall–Kier alpha value is -2.21. The fourth-order valence-electron chi connectivity index (χ4n) is 2.96. The number of aromatic nitrogens is 1. The van der Waals surface area contributed by atoms with Crippen LogP contribution in [0.15, 0.2) is 30.3 Å². The molecule has 0 atom stereocenters. The van der Waals surface area contributed by atoms with Crippen LogP contribution in [-0.4, -0.2) is 41.3 Å². The summed E-state index contributed by atoms with van der Waals surface area (Å²) in [5, 5.41) is 3.78. The molecule has 1 aromatic carbocycles. The summed E-state index contributed by atoms with van der Waals surface area (Å²) in [6.07, 6.45) is 5.79.